The molecule has 0 bridgehead atoms. The van der Waals surface area contributed by atoms with Gasteiger partial charge in [0, 0.05) is 6.42 Å². The molecule has 0 fully saturated rings. The molecule has 0 spiro atoms. The highest BCUT2D eigenvalue weighted by Gasteiger charge is 2.12. The number of amides is 1. The second kappa shape index (κ2) is 5.42. The number of hydrogen-bond acceptors (Lipinski definition) is 4. The van der Waals surface area contributed by atoms with Gasteiger partial charge in [-0.15, -0.1) is 0 Å². The maximum absolute atomic E-state index is 11.7. The van der Waals surface area contributed by atoms with E-state index in [2.05, 4.69) is 14.1 Å². The lowest BCUT2D eigenvalue weighted by molar-refractivity contribution is -0.116. The number of aromatic nitrogens is 2. The van der Waals surface area contributed by atoms with Crippen LogP contribution in [-0.4, -0.2) is 14.7 Å². The van der Waals surface area contributed by atoms with Gasteiger partial charge in [-0.2, -0.15) is 8.75 Å². The number of nitrogens with one attached hydrogen (secondary N) is 1. The molecule has 1 N–H and O–H groups in total. The van der Waals surface area contributed by atoms with Gasteiger partial charge in [-0.25, -0.2) is 0 Å². The molecule has 1 heterocycles. The average molecular weight is 270 g/mol. The molecule has 0 aliphatic heterocycles. The lowest BCUT2D eigenvalue weighted by atomic mass is 10.2. The van der Waals surface area contributed by atoms with E-state index in [4.69, 9.17) is 11.6 Å². The minimum absolute atomic E-state index is 0.0331. The number of unbranched alkanes of at least 4 members (excludes halogenated alkanes) is 1. The molecule has 0 radical (unpaired) electrons. The van der Waals surface area contributed by atoms with Crippen LogP contribution in [0.15, 0.2) is 12.1 Å². The van der Waals surface area contributed by atoms with Gasteiger partial charge in [0.2, 0.25) is 5.91 Å². The Labute approximate surface area is 108 Å². The fourth-order valence-electron chi connectivity index (χ4n) is 1.48. The van der Waals surface area contributed by atoms with E-state index in [1.807, 2.05) is 6.92 Å². The van der Waals surface area contributed by atoms with Gasteiger partial charge < -0.3 is 5.32 Å². The van der Waals surface area contributed by atoms with Crippen LogP contribution in [0.5, 0.6) is 0 Å². The van der Waals surface area contributed by atoms with E-state index < -0.39 is 0 Å². The quantitative estimate of drug-likeness (QED) is 0.925. The van der Waals surface area contributed by atoms with E-state index in [0.717, 1.165) is 30.1 Å². The Kier molecular flexibility index (Phi) is 3.91. The summed E-state index contributed by atoms with van der Waals surface area (Å²) in [6, 6.07) is 3.52. The highest BCUT2D eigenvalue weighted by molar-refractivity contribution is 7.00. The standard InChI is InChI=1S/C11H12ClN3OS/c1-2-3-4-9(16)13-10-7(12)5-6-8-11(10)15-17-14-8/h5-6H,2-4H2,1H3,(H,13,16). The Morgan fingerprint density at radius 1 is 1.47 bits per heavy atom. The topological polar surface area (TPSA) is 54.9 Å². The maximum Gasteiger partial charge on any atom is 0.224 e. The molecule has 90 valence electrons. The van der Waals surface area contributed by atoms with Gasteiger partial charge in [-0.3, -0.25) is 4.79 Å². The minimum Gasteiger partial charge on any atom is -0.323 e. The number of nitrogens with zero attached hydrogens (tertiary/aromatic N) is 2. The van der Waals surface area contributed by atoms with Crippen molar-refractivity contribution < 1.29 is 4.79 Å². The van der Waals surface area contributed by atoms with Gasteiger partial charge in [0.25, 0.3) is 0 Å². The van der Waals surface area contributed by atoms with Crippen LogP contribution in [0.25, 0.3) is 11.0 Å². The number of carbonyl (C=O) groups is 1. The van der Waals surface area contributed by atoms with Crippen molar-refractivity contribution in [3.8, 4) is 0 Å². The summed E-state index contributed by atoms with van der Waals surface area (Å²) >= 11 is 7.17. The second-order valence-electron chi connectivity index (χ2n) is 3.71. The van der Waals surface area contributed by atoms with Crippen molar-refractivity contribution in [1.29, 1.82) is 0 Å². The first kappa shape index (κ1) is 12.3. The Bertz CT molecular complexity index is 540. The summed E-state index contributed by atoms with van der Waals surface area (Å²) in [6.45, 7) is 2.05. The number of benzene rings is 1. The van der Waals surface area contributed by atoms with Crippen LogP contribution in [0.1, 0.15) is 26.2 Å². The second-order valence-corrected chi connectivity index (χ2v) is 4.64. The van der Waals surface area contributed by atoms with Crippen LogP contribution in [0, 0.1) is 0 Å². The Balaban J connectivity index is 2.25. The first-order valence-electron chi connectivity index (χ1n) is 5.43. The van der Waals surface area contributed by atoms with Gasteiger partial charge in [-0.05, 0) is 18.6 Å². The molecule has 2 rings (SSSR count). The first-order valence-corrected chi connectivity index (χ1v) is 6.54. The summed E-state index contributed by atoms with van der Waals surface area (Å²) in [5, 5.41) is 3.30. The first-order chi connectivity index (χ1) is 8.22. The van der Waals surface area contributed by atoms with Gasteiger partial charge in [0.15, 0.2) is 0 Å². The summed E-state index contributed by atoms with van der Waals surface area (Å²) in [6.07, 6.45) is 2.36. The van der Waals surface area contributed by atoms with Crippen molar-refractivity contribution in [3.63, 3.8) is 0 Å². The summed E-state index contributed by atoms with van der Waals surface area (Å²) in [5.41, 5.74) is 1.98. The molecule has 0 unspecified atom stereocenters. The van der Waals surface area contributed by atoms with E-state index >= 15 is 0 Å². The van der Waals surface area contributed by atoms with Crippen LogP contribution in [0.2, 0.25) is 5.02 Å². The zero-order valence-corrected chi connectivity index (χ0v) is 10.9. The molecule has 0 saturated carbocycles. The molecule has 0 saturated heterocycles. The Morgan fingerprint density at radius 2 is 2.29 bits per heavy atom. The molecule has 2 aromatic rings. The fraction of sp³-hybridized carbons (Fsp3) is 0.364. The summed E-state index contributed by atoms with van der Waals surface area (Å²) < 4.78 is 8.25. The zero-order chi connectivity index (χ0) is 12.3. The molecule has 0 aliphatic carbocycles. The lowest BCUT2D eigenvalue weighted by Gasteiger charge is -2.06. The van der Waals surface area contributed by atoms with E-state index in [1.54, 1.807) is 12.1 Å². The van der Waals surface area contributed by atoms with Crippen molar-refractivity contribution in [2.24, 2.45) is 0 Å². The van der Waals surface area contributed by atoms with Crippen molar-refractivity contribution in [2.45, 2.75) is 26.2 Å². The molecule has 0 atom stereocenters. The zero-order valence-electron chi connectivity index (χ0n) is 9.36. The predicted molar refractivity (Wildman–Crippen MR) is 70.6 cm³/mol. The monoisotopic (exact) mass is 269 g/mol. The van der Waals surface area contributed by atoms with E-state index in [1.165, 1.54) is 0 Å². The number of halogens is 1. The van der Waals surface area contributed by atoms with Crippen LogP contribution in [-0.2, 0) is 4.79 Å². The number of anilines is 1. The molecule has 0 aliphatic rings. The van der Waals surface area contributed by atoms with Crippen molar-refractivity contribution in [1.82, 2.24) is 8.75 Å². The summed E-state index contributed by atoms with van der Waals surface area (Å²) in [7, 11) is 0. The van der Waals surface area contributed by atoms with Crippen LogP contribution < -0.4 is 5.32 Å². The van der Waals surface area contributed by atoms with Crippen LogP contribution in [0.3, 0.4) is 0 Å². The van der Waals surface area contributed by atoms with Crippen LogP contribution in [0.4, 0.5) is 5.69 Å². The highest BCUT2D eigenvalue weighted by Crippen LogP contribution is 2.29. The van der Waals surface area contributed by atoms with Gasteiger partial charge in [0.05, 0.1) is 22.4 Å². The molecule has 17 heavy (non-hydrogen) atoms. The summed E-state index contributed by atoms with van der Waals surface area (Å²) in [5.74, 6) is -0.0331. The molecule has 6 heteroatoms. The fourth-order valence-corrected chi connectivity index (χ4v) is 2.23. The third-order valence-corrected chi connectivity index (χ3v) is 3.26. The highest BCUT2D eigenvalue weighted by atomic mass is 35.5. The van der Waals surface area contributed by atoms with E-state index in [-0.39, 0.29) is 5.91 Å². The van der Waals surface area contributed by atoms with Gasteiger partial charge in [-0.1, -0.05) is 24.9 Å². The maximum atomic E-state index is 11.7. The lowest BCUT2D eigenvalue weighted by Crippen LogP contribution is -2.11. The Morgan fingerprint density at radius 3 is 3.06 bits per heavy atom. The third kappa shape index (κ3) is 2.73. The summed E-state index contributed by atoms with van der Waals surface area (Å²) in [4.78, 5) is 11.7. The smallest absolute Gasteiger partial charge is 0.224 e. The van der Waals surface area contributed by atoms with Gasteiger partial charge >= 0.3 is 0 Å². The SMILES string of the molecule is CCCCC(=O)Nc1c(Cl)ccc2nsnc12. The minimum atomic E-state index is -0.0331. The third-order valence-electron chi connectivity index (χ3n) is 2.40. The van der Waals surface area contributed by atoms with E-state index in [0.29, 0.717) is 22.6 Å². The van der Waals surface area contributed by atoms with Crippen molar-refractivity contribution >= 4 is 46.0 Å². The number of carbonyl (C=O) groups excluding carboxylic acids is 1. The predicted octanol–water partition coefficient (Wildman–Crippen LogP) is 3.47. The molecule has 1 aromatic carbocycles. The normalized spacial score (nSPS) is 10.7. The Hall–Kier alpha value is -1.20. The van der Waals surface area contributed by atoms with Crippen molar-refractivity contribution in [3.05, 3.63) is 17.2 Å². The number of hydrogen-bond donors (Lipinski definition) is 1. The molecule has 4 nitrogen and oxygen atoms in total. The molecule has 1 aromatic heterocycles. The van der Waals surface area contributed by atoms with Crippen LogP contribution >= 0.6 is 23.3 Å². The average Bonchev–Trinajstić information content (AvgIpc) is 2.78. The number of rotatable bonds is 4. The van der Waals surface area contributed by atoms with E-state index in [9.17, 15) is 4.79 Å². The van der Waals surface area contributed by atoms with Gasteiger partial charge in [0.1, 0.15) is 11.0 Å². The molecular weight excluding hydrogens is 258 g/mol. The molecular formula is C11H12ClN3OS. The number of fused-ring (bicyclic) bond motifs is 1. The van der Waals surface area contributed by atoms with Crippen molar-refractivity contribution in [2.75, 3.05) is 5.32 Å². The largest absolute Gasteiger partial charge is 0.323 e. The molecule has 1 amide bonds.